The number of pyridine rings is 1. The standard InChI is InChI=1S/C14H16N4O2/c19-14(17-11-4-2-6-16-9-11)12-7-13(20-18-12)10-3-1-5-15-8-10/h1,3,5,7-8,11,16H,2,4,6,9H2,(H,17,19). The van der Waals surface area contributed by atoms with Gasteiger partial charge in [0.2, 0.25) is 0 Å². The number of nitrogens with one attached hydrogen (secondary N) is 2. The van der Waals surface area contributed by atoms with Crippen LogP contribution < -0.4 is 10.6 Å². The third-order valence-electron chi connectivity index (χ3n) is 3.32. The number of hydrogen-bond donors (Lipinski definition) is 2. The summed E-state index contributed by atoms with van der Waals surface area (Å²) in [6.45, 7) is 1.82. The van der Waals surface area contributed by atoms with Crippen LogP contribution in [0, 0.1) is 0 Å². The van der Waals surface area contributed by atoms with Gasteiger partial charge < -0.3 is 15.2 Å². The third-order valence-corrected chi connectivity index (χ3v) is 3.32. The minimum atomic E-state index is -0.197. The summed E-state index contributed by atoms with van der Waals surface area (Å²) in [5.41, 5.74) is 1.10. The molecule has 1 aliphatic rings. The van der Waals surface area contributed by atoms with Crippen molar-refractivity contribution < 1.29 is 9.32 Å². The minimum Gasteiger partial charge on any atom is -0.355 e. The Balaban J connectivity index is 1.68. The van der Waals surface area contributed by atoms with Crippen molar-refractivity contribution in [3.05, 3.63) is 36.3 Å². The van der Waals surface area contributed by atoms with Gasteiger partial charge in [-0.25, -0.2) is 0 Å². The zero-order valence-electron chi connectivity index (χ0n) is 11.0. The summed E-state index contributed by atoms with van der Waals surface area (Å²) in [7, 11) is 0. The van der Waals surface area contributed by atoms with Gasteiger partial charge in [0.15, 0.2) is 11.5 Å². The molecule has 1 amide bonds. The molecular formula is C14H16N4O2. The molecule has 1 saturated heterocycles. The van der Waals surface area contributed by atoms with Gasteiger partial charge in [-0.1, -0.05) is 5.16 Å². The highest BCUT2D eigenvalue weighted by Gasteiger charge is 2.19. The number of hydrogen-bond acceptors (Lipinski definition) is 5. The number of piperidine rings is 1. The average Bonchev–Trinajstić information content (AvgIpc) is 2.99. The number of amides is 1. The van der Waals surface area contributed by atoms with Crippen molar-refractivity contribution in [1.82, 2.24) is 20.8 Å². The molecule has 2 aromatic rings. The Morgan fingerprint density at radius 3 is 3.20 bits per heavy atom. The van der Waals surface area contributed by atoms with Crippen molar-refractivity contribution in [2.45, 2.75) is 18.9 Å². The first-order valence-electron chi connectivity index (χ1n) is 6.71. The van der Waals surface area contributed by atoms with Crippen molar-refractivity contribution in [2.24, 2.45) is 0 Å². The van der Waals surface area contributed by atoms with E-state index >= 15 is 0 Å². The minimum absolute atomic E-state index is 0.162. The van der Waals surface area contributed by atoms with E-state index in [1.54, 1.807) is 18.5 Å². The topological polar surface area (TPSA) is 80.0 Å². The predicted octanol–water partition coefficient (Wildman–Crippen LogP) is 1.22. The smallest absolute Gasteiger partial charge is 0.273 e. The van der Waals surface area contributed by atoms with Crippen LogP contribution >= 0.6 is 0 Å². The first-order valence-corrected chi connectivity index (χ1v) is 6.71. The molecule has 6 heteroatoms. The third kappa shape index (κ3) is 2.85. The Hall–Kier alpha value is -2.21. The van der Waals surface area contributed by atoms with Crippen molar-refractivity contribution in [1.29, 1.82) is 0 Å². The van der Waals surface area contributed by atoms with E-state index < -0.39 is 0 Å². The van der Waals surface area contributed by atoms with Gasteiger partial charge in [-0.15, -0.1) is 0 Å². The number of carbonyl (C=O) groups is 1. The summed E-state index contributed by atoms with van der Waals surface area (Å²) in [6, 6.07) is 5.48. The molecule has 6 nitrogen and oxygen atoms in total. The summed E-state index contributed by atoms with van der Waals surface area (Å²) in [6.07, 6.45) is 5.42. The van der Waals surface area contributed by atoms with Crippen LogP contribution in [-0.4, -0.2) is 35.2 Å². The molecule has 0 saturated carbocycles. The molecular weight excluding hydrogens is 256 g/mol. The van der Waals surface area contributed by atoms with Gasteiger partial charge in [0.25, 0.3) is 5.91 Å². The zero-order valence-corrected chi connectivity index (χ0v) is 11.0. The summed E-state index contributed by atoms with van der Waals surface area (Å²) < 4.78 is 5.19. The summed E-state index contributed by atoms with van der Waals surface area (Å²) >= 11 is 0. The van der Waals surface area contributed by atoms with E-state index in [0.29, 0.717) is 11.5 Å². The molecule has 1 unspecified atom stereocenters. The number of nitrogens with zero attached hydrogens (tertiary/aromatic N) is 2. The highest BCUT2D eigenvalue weighted by atomic mass is 16.5. The molecule has 1 fully saturated rings. The van der Waals surface area contributed by atoms with Crippen LogP contribution in [0.2, 0.25) is 0 Å². The van der Waals surface area contributed by atoms with E-state index in [1.807, 2.05) is 12.1 Å². The van der Waals surface area contributed by atoms with Gasteiger partial charge in [0.05, 0.1) is 0 Å². The highest BCUT2D eigenvalue weighted by molar-refractivity contribution is 5.93. The van der Waals surface area contributed by atoms with Crippen LogP contribution in [0.3, 0.4) is 0 Å². The monoisotopic (exact) mass is 272 g/mol. The Morgan fingerprint density at radius 1 is 1.50 bits per heavy atom. The lowest BCUT2D eigenvalue weighted by Crippen LogP contribution is -2.45. The molecule has 0 radical (unpaired) electrons. The molecule has 0 aliphatic carbocycles. The number of rotatable bonds is 3. The first kappa shape index (κ1) is 12.8. The molecule has 20 heavy (non-hydrogen) atoms. The van der Waals surface area contributed by atoms with Gasteiger partial charge in [0, 0.05) is 36.6 Å². The normalized spacial score (nSPS) is 18.7. The van der Waals surface area contributed by atoms with E-state index in [9.17, 15) is 4.79 Å². The predicted molar refractivity (Wildman–Crippen MR) is 73.1 cm³/mol. The fourth-order valence-electron chi connectivity index (χ4n) is 2.26. The molecule has 3 heterocycles. The average molecular weight is 272 g/mol. The fraction of sp³-hybridized carbons (Fsp3) is 0.357. The summed E-state index contributed by atoms with van der Waals surface area (Å²) in [5.74, 6) is 0.350. The van der Waals surface area contributed by atoms with Crippen molar-refractivity contribution >= 4 is 5.91 Å². The molecule has 1 aliphatic heterocycles. The van der Waals surface area contributed by atoms with Crippen LogP contribution in [0.5, 0.6) is 0 Å². The Kier molecular flexibility index (Phi) is 3.73. The van der Waals surface area contributed by atoms with Gasteiger partial charge in [-0.2, -0.15) is 0 Å². The number of aromatic nitrogens is 2. The zero-order chi connectivity index (χ0) is 13.8. The maximum atomic E-state index is 12.1. The Bertz CT molecular complexity index is 576. The maximum absolute atomic E-state index is 12.1. The molecule has 0 aromatic carbocycles. The van der Waals surface area contributed by atoms with Crippen LogP contribution in [0.4, 0.5) is 0 Å². The van der Waals surface area contributed by atoms with Crippen molar-refractivity contribution in [2.75, 3.05) is 13.1 Å². The molecule has 2 aromatic heterocycles. The molecule has 1 atom stereocenters. The lowest BCUT2D eigenvalue weighted by Gasteiger charge is -2.23. The number of carbonyl (C=O) groups excluding carboxylic acids is 1. The first-order chi connectivity index (χ1) is 9.83. The van der Waals surface area contributed by atoms with Crippen LogP contribution in [-0.2, 0) is 0 Å². The molecule has 3 rings (SSSR count). The molecule has 0 spiro atoms. The Labute approximate surface area is 116 Å². The quantitative estimate of drug-likeness (QED) is 0.878. The van der Waals surface area contributed by atoms with Gasteiger partial charge >= 0.3 is 0 Å². The van der Waals surface area contributed by atoms with E-state index in [0.717, 1.165) is 31.5 Å². The van der Waals surface area contributed by atoms with E-state index in [1.165, 1.54) is 0 Å². The lowest BCUT2D eigenvalue weighted by molar-refractivity contribution is 0.0921. The van der Waals surface area contributed by atoms with E-state index in [4.69, 9.17) is 4.52 Å². The second-order valence-electron chi connectivity index (χ2n) is 4.83. The molecule has 0 bridgehead atoms. The van der Waals surface area contributed by atoms with Crippen LogP contribution in [0.25, 0.3) is 11.3 Å². The van der Waals surface area contributed by atoms with E-state index in [-0.39, 0.29) is 11.9 Å². The van der Waals surface area contributed by atoms with Crippen LogP contribution in [0.15, 0.2) is 35.1 Å². The fourth-order valence-corrected chi connectivity index (χ4v) is 2.26. The summed E-state index contributed by atoms with van der Waals surface area (Å²) in [5, 5.41) is 10.0. The summed E-state index contributed by atoms with van der Waals surface area (Å²) in [4.78, 5) is 16.1. The molecule has 2 N–H and O–H groups in total. The van der Waals surface area contributed by atoms with Crippen molar-refractivity contribution in [3.8, 4) is 11.3 Å². The highest BCUT2D eigenvalue weighted by Crippen LogP contribution is 2.18. The van der Waals surface area contributed by atoms with Gasteiger partial charge in [0.1, 0.15) is 0 Å². The lowest BCUT2D eigenvalue weighted by atomic mass is 10.1. The second-order valence-corrected chi connectivity index (χ2v) is 4.83. The van der Waals surface area contributed by atoms with Crippen LogP contribution in [0.1, 0.15) is 23.3 Å². The Morgan fingerprint density at radius 2 is 2.45 bits per heavy atom. The largest absolute Gasteiger partial charge is 0.355 e. The van der Waals surface area contributed by atoms with E-state index in [2.05, 4.69) is 20.8 Å². The second kappa shape index (κ2) is 5.83. The van der Waals surface area contributed by atoms with Crippen molar-refractivity contribution in [3.63, 3.8) is 0 Å². The van der Waals surface area contributed by atoms with Gasteiger partial charge in [-0.05, 0) is 31.5 Å². The SMILES string of the molecule is O=C(NC1CCCNC1)c1cc(-c2cccnc2)on1. The van der Waals surface area contributed by atoms with Gasteiger partial charge in [-0.3, -0.25) is 9.78 Å². The molecule has 104 valence electrons. The maximum Gasteiger partial charge on any atom is 0.273 e.